The summed E-state index contributed by atoms with van der Waals surface area (Å²) < 4.78 is 51.5. The van der Waals surface area contributed by atoms with Gasteiger partial charge in [-0.15, -0.1) is 22.7 Å². The maximum Gasteiger partial charge on any atom is 1.00 e. The van der Waals surface area contributed by atoms with Crippen molar-refractivity contribution in [2.24, 2.45) is 11.8 Å². The number of hydrogen-bond donors (Lipinski definition) is 0. The molecule has 0 radical (unpaired) electrons. The number of Topliss-reactive ketones (excluding diaryl/α,β-unsaturated/α-hetero) is 2. The van der Waals surface area contributed by atoms with E-state index in [1.54, 1.807) is 52.3 Å². The van der Waals surface area contributed by atoms with Gasteiger partial charge in [-0.1, -0.05) is 15.9 Å². The van der Waals surface area contributed by atoms with E-state index >= 15 is 0 Å². The molecular weight excluding hydrogens is 1020 g/mol. The van der Waals surface area contributed by atoms with Crippen molar-refractivity contribution in [3.05, 3.63) is 46.2 Å². The van der Waals surface area contributed by atoms with Crippen LogP contribution in [0, 0.1) is 11.8 Å². The van der Waals surface area contributed by atoms with Crippen LogP contribution in [0.25, 0.3) is 20.2 Å². The van der Waals surface area contributed by atoms with Crippen molar-refractivity contribution in [2.75, 3.05) is 83.3 Å². The van der Waals surface area contributed by atoms with Gasteiger partial charge in [-0.3, -0.25) is 33.6 Å². The van der Waals surface area contributed by atoms with Crippen LogP contribution in [0.15, 0.2) is 36.4 Å². The van der Waals surface area contributed by atoms with Crippen LogP contribution in [0.1, 0.15) is 41.0 Å². The average molecular weight is 1070 g/mol. The molecule has 0 fully saturated rings. The minimum absolute atomic E-state index is 0. The van der Waals surface area contributed by atoms with Crippen molar-refractivity contribution in [3.8, 4) is 23.0 Å². The second-order valence-corrected chi connectivity index (χ2v) is 15.2. The summed E-state index contributed by atoms with van der Waals surface area (Å²) in [6.07, 6.45) is -0.241. The first-order valence-electron chi connectivity index (χ1n) is 18.3. The Hall–Kier alpha value is -2.12. The second kappa shape index (κ2) is 35.9. The van der Waals surface area contributed by atoms with Crippen molar-refractivity contribution in [1.82, 2.24) is 0 Å². The third-order valence-electron chi connectivity index (χ3n) is 8.06. The Balaban J connectivity index is -0.000000938. The van der Waals surface area contributed by atoms with E-state index in [1.165, 1.54) is 65.3 Å². The number of rotatable bonds is 20. The Kier molecular flexibility index (Phi) is 35.9. The van der Waals surface area contributed by atoms with Crippen molar-refractivity contribution in [2.45, 2.75) is 25.1 Å². The van der Waals surface area contributed by atoms with Crippen LogP contribution in [-0.4, -0.2) is 130 Å². The maximum atomic E-state index is 13.3. The largest absolute Gasteiger partial charge is 1.00 e. The third kappa shape index (κ3) is 21.0. The van der Waals surface area contributed by atoms with Gasteiger partial charge in [0, 0.05) is 35.8 Å². The number of thiophene rings is 2. The molecule has 0 aliphatic rings. The van der Waals surface area contributed by atoms with Gasteiger partial charge in [0.15, 0.2) is 34.6 Å². The summed E-state index contributed by atoms with van der Waals surface area (Å²) in [6, 6.07) is 10.5. The normalized spacial score (nSPS) is 11.2. The molecule has 3 unspecified atom stereocenters. The molecule has 0 saturated heterocycles. The molecule has 0 amide bonds. The first-order valence-corrected chi connectivity index (χ1v) is 20.9. The van der Waals surface area contributed by atoms with Crippen molar-refractivity contribution >= 4 is 101 Å². The van der Waals surface area contributed by atoms with Gasteiger partial charge < -0.3 is 58.9 Å². The number of ketones is 2. The van der Waals surface area contributed by atoms with E-state index in [1.807, 2.05) is 12.1 Å². The van der Waals surface area contributed by atoms with E-state index < -0.39 is 35.5 Å². The number of halogens is 1. The van der Waals surface area contributed by atoms with Crippen LogP contribution < -0.4 is 127 Å². The van der Waals surface area contributed by atoms with Gasteiger partial charge in [-0.05, 0) is 48.9 Å². The van der Waals surface area contributed by atoms with E-state index in [-0.39, 0.29) is 153 Å². The monoisotopic (exact) mass is 1070 g/mol. The number of benzene rings is 2. The smallest absolute Gasteiger partial charge is 1.00 e. The minimum Gasteiger partial charge on any atom is -1.00 e. The zero-order chi connectivity index (χ0) is 47.6. The molecule has 2 heterocycles. The molecule has 2 aromatic heterocycles. The number of alkyl halides is 1. The molecule has 2 aromatic carbocycles. The van der Waals surface area contributed by atoms with Gasteiger partial charge in [0.05, 0.1) is 78.8 Å². The summed E-state index contributed by atoms with van der Waals surface area (Å²) in [4.78, 5) is 83.8. The predicted molar refractivity (Wildman–Crippen MR) is 232 cm³/mol. The van der Waals surface area contributed by atoms with Gasteiger partial charge >= 0.3 is 127 Å². The average Bonchev–Trinajstić information content (AvgIpc) is 3.91. The quantitative estimate of drug-likeness (QED) is 0.0117. The van der Waals surface area contributed by atoms with Crippen molar-refractivity contribution < 1.29 is 195 Å². The molecule has 24 heteroatoms. The zero-order valence-corrected chi connectivity index (χ0v) is 47.7. The van der Waals surface area contributed by atoms with Crippen LogP contribution in [-0.2, 0) is 57.3 Å². The molecule has 0 saturated carbocycles. The van der Waals surface area contributed by atoms with E-state index in [4.69, 9.17) is 47.9 Å². The third-order valence-corrected chi connectivity index (χ3v) is 10.9. The molecule has 0 N–H and O–H groups in total. The topological polar surface area (TPSA) is 244 Å². The van der Waals surface area contributed by atoms with Crippen LogP contribution in [0.3, 0.4) is 0 Å². The molecule has 3 atom stereocenters. The van der Waals surface area contributed by atoms with Gasteiger partial charge in [-0.2, -0.15) is 0 Å². The van der Waals surface area contributed by atoms with Crippen molar-refractivity contribution in [3.63, 3.8) is 0 Å². The molecule has 0 spiro atoms. The summed E-state index contributed by atoms with van der Waals surface area (Å²) in [6.45, 7) is 3.68. The molecule has 0 bridgehead atoms. The summed E-state index contributed by atoms with van der Waals surface area (Å²) in [5, 5.41) is 10.1. The van der Waals surface area contributed by atoms with E-state index in [9.17, 15) is 28.8 Å². The molecule has 4 rings (SSSR count). The van der Waals surface area contributed by atoms with Gasteiger partial charge in [0.25, 0.3) is 6.47 Å². The Bertz CT molecular complexity index is 2050. The first kappa shape index (κ1) is 65.0. The predicted octanol–water partition coefficient (Wildman–Crippen LogP) is -1.10. The summed E-state index contributed by atoms with van der Waals surface area (Å²) in [5.41, 5.74) is 0. The fourth-order valence-electron chi connectivity index (χ4n) is 5.23. The van der Waals surface area contributed by atoms with E-state index in [0.29, 0.717) is 39.4 Å². The second-order valence-electron chi connectivity index (χ2n) is 11.9. The van der Waals surface area contributed by atoms with Gasteiger partial charge in [0.1, 0.15) is 23.1 Å². The van der Waals surface area contributed by atoms with E-state index in [2.05, 4.69) is 30.3 Å². The number of carbonyl (C=O) groups excluding carboxylic acids is 7. The zero-order valence-electron chi connectivity index (χ0n) is 39.3. The molecule has 65 heavy (non-hydrogen) atoms. The maximum absolute atomic E-state index is 13.3. The Morgan fingerprint density at radius 3 is 1.48 bits per heavy atom. The summed E-state index contributed by atoms with van der Waals surface area (Å²) >= 11 is 5.57. The Morgan fingerprint density at radius 1 is 0.646 bits per heavy atom. The van der Waals surface area contributed by atoms with Crippen LogP contribution in [0.5, 0.6) is 23.0 Å². The van der Waals surface area contributed by atoms with Crippen LogP contribution in [0.4, 0.5) is 0 Å². The fraction of sp³-hybridized carbons (Fsp3) is 0.439. The van der Waals surface area contributed by atoms with Gasteiger partial charge in [-0.25, -0.2) is 0 Å². The molecule has 350 valence electrons. The first-order chi connectivity index (χ1) is 30.1. The standard InChI is InChI=1S/C20H24O8S.C15H16O5S.C5H9BrO3.CH2O3.2K.H/c1-6-28-20(23)17(12(10-24-2)19(22)27-5)18(21)16-8-11-7-13(25-3)14(26-4)9-15(11)29-16;1-4-20-15(17)7-10(16)14-6-9-5-11(18-2)12(19-3)8-13(9)21-14;1-8-3-4(6)5(7)9-2;2-1-4-3;;;/h7-9,12,17H,6,10H2,1-5H3;5-6,8H,4,7H2,1-3H3;4H,3H2,1-2H3;1,3H;;;/q;;;;2*+1;-1/p-1. The van der Waals surface area contributed by atoms with Crippen molar-refractivity contribution in [1.29, 1.82) is 0 Å². The van der Waals surface area contributed by atoms with Gasteiger partial charge in [0.2, 0.25) is 0 Å². The Labute approximate surface area is 479 Å². The number of carbonyl (C=O) groups is 7. The minimum atomic E-state index is -1.38. The number of esters is 4. The fourth-order valence-corrected chi connectivity index (χ4v) is 7.75. The number of fused-ring (bicyclic) bond motifs is 2. The molecule has 0 aliphatic carbocycles. The van der Waals surface area contributed by atoms with E-state index in [0.717, 1.165) is 20.2 Å². The molecule has 0 aliphatic heterocycles. The van der Waals surface area contributed by atoms with Crippen LogP contribution in [0.2, 0.25) is 0 Å². The summed E-state index contributed by atoms with van der Waals surface area (Å²) in [7, 11) is 11.6. The number of hydrogen-bond acceptors (Lipinski definition) is 21. The Morgan fingerprint density at radius 2 is 1.08 bits per heavy atom. The number of methoxy groups -OCH3 is 8. The SMILES string of the molecule is CCOC(=O)C(C(=O)c1cc2cc(OC)c(OC)cc2s1)C(COC)C(=O)OC.CCOC(=O)CC(=O)c1cc2cc(OC)c(OC)cc2s1.COCC(Br)C(=O)OC.O=CO[O-].[H-].[K+].[K+]. The number of ether oxygens (including phenoxy) is 10. The van der Waals surface area contributed by atoms with Crippen LogP contribution >= 0.6 is 38.6 Å². The molecule has 4 aromatic rings. The summed E-state index contributed by atoms with van der Waals surface area (Å²) in [5.74, 6) is -3.34. The molecular formula is C41H51BrK2O19S2. The molecule has 19 nitrogen and oxygen atoms in total.